The molecule has 2 heterocycles. The van der Waals surface area contributed by atoms with Crippen LogP contribution >= 0.6 is 11.6 Å². The van der Waals surface area contributed by atoms with E-state index in [9.17, 15) is 13.2 Å². The maximum absolute atomic E-state index is 12.7. The SMILES string of the molecule is CC[C@@H]1CCCCN1CCCNC(=O)C1CCN(S(=O)(=O)Cc2ccc(Cl)cc2)CC1. The second-order valence-corrected chi connectivity index (χ2v) is 11.2. The summed E-state index contributed by atoms with van der Waals surface area (Å²) in [5.41, 5.74) is 0.725. The lowest BCUT2D eigenvalue weighted by atomic mass is 9.97. The van der Waals surface area contributed by atoms with Gasteiger partial charge in [0.15, 0.2) is 0 Å². The molecule has 0 unspecified atom stereocenters. The first-order valence-electron chi connectivity index (χ1n) is 11.6. The average Bonchev–Trinajstić information content (AvgIpc) is 2.78. The van der Waals surface area contributed by atoms with E-state index in [0.717, 1.165) is 18.5 Å². The zero-order valence-electron chi connectivity index (χ0n) is 18.6. The van der Waals surface area contributed by atoms with E-state index in [1.54, 1.807) is 24.3 Å². The topological polar surface area (TPSA) is 69.7 Å². The van der Waals surface area contributed by atoms with Gasteiger partial charge in [0.1, 0.15) is 0 Å². The van der Waals surface area contributed by atoms with Gasteiger partial charge in [-0.1, -0.05) is 37.1 Å². The van der Waals surface area contributed by atoms with E-state index in [1.807, 2.05) is 0 Å². The van der Waals surface area contributed by atoms with Crippen LogP contribution in [0.4, 0.5) is 0 Å². The van der Waals surface area contributed by atoms with Crippen molar-refractivity contribution in [3.05, 3.63) is 34.9 Å². The number of hydrogen-bond donors (Lipinski definition) is 1. The van der Waals surface area contributed by atoms with Gasteiger partial charge >= 0.3 is 0 Å². The molecule has 2 aliphatic heterocycles. The molecule has 1 N–H and O–H groups in total. The summed E-state index contributed by atoms with van der Waals surface area (Å²) in [6.07, 6.45) is 7.23. The summed E-state index contributed by atoms with van der Waals surface area (Å²) >= 11 is 5.88. The van der Waals surface area contributed by atoms with E-state index in [1.165, 1.54) is 36.5 Å². The number of hydrogen-bond acceptors (Lipinski definition) is 4. The highest BCUT2D eigenvalue weighted by Crippen LogP contribution is 2.23. The van der Waals surface area contributed by atoms with Crippen LogP contribution < -0.4 is 5.32 Å². The Morgan fingerprint density at radius 3 is 2.48 bits per heavy atom. The maximum Gasteiger partial charge on any atom is 0.223 e. The fourth-order valence-electron chi connectivity index (χ4n) is 4.73. The van der Waals surface area contributed by atoms with E-state index in [2.05, 4.69) is 17.1 Å². The van der Waals surface area contributed by atoms with Gasteiger partial charge in [-0.05, 0) is 62.8 Å². The van der Waals surface area contributed by atoms with Crippen molar-refractivity contribution in [2.45, 2.75) is 63.7 Å². The summed E-state index contributed by atoms with van der Waals surface area (Å²) in [4.78, 5) is 15.1. The summed E-state index contributed by atoms with van der Waals surface area (Å²) in [5.74, 6) is -0.0585. The minimum atomic E-state index is -3.39. The first-order chi connectivity index (χ1) is 14.9. The summed E-state index contributed by atoms with van der Waals surface area (Å²) in [5, 5.41) is 3.67. The van der Waals surface area contributed by atoms with Crippen LogP contribution in [0.15, 0.2) is 24.3 Å². The maximum atomic E-state index is 12.7. The number of likely N-dealkylation sites (tertiary alicyclic amines) is 1. The molecule has 2 fully saturated rings. The molecule has 0 bridgehead atoms. The van der Waals surface area contributed by atoms with Crippen molar-refractivity contribution < 1.29 is 13.2 Å². The predicted octanol–water partition coefficient (Wildman–Crippen LogP) is 3.65. The molecule has 2 saturated heterocycles. The van der Waals surface area contributed by atoms with Crippen LogP contribution in [0.5, 0.6) is 0 Å². The number of carbonyl (C=O) groups excluding carboxylic acids is 1. The number of halogens is 1. The van der Waals surface area contributed by atoms with Crippen molar-refractivity contribution in [1.29, 1.82) is 0 Å². The normalized spacial score (nSPS) is 21.8. The van der Waals surface area contributed by atoms with E-state index in [-0.39, 0.29) is 17.6 Å². The molecule has 3 rings (SSSR count). The standard InChI is InChI=1S/C23H36ClN3O3S/c1-2-22-6-3-4-14-26(22)15-5-13-25-23(28)20-11-16-27(17-12-20)31(29,30)18-19-7-9-21(24)10-8-19/h7-10,20,22H,2-6,11-18H2,1H3,(H,25,28)/t22-/m1/s1. The Balaban J connectivity index is 1.37. The molecule has 1 atom stereocenters. The largest absolute Gasteiger partial charge is 0.356 e. The molecule has 0 saturated carbocycles. The Hall–Kier alpha value is -1.15. The monoisotopic (exact) mass is 469 g/mol. The highest BCUT2D eigenvalue weighted by molar-refractivity contribution is 7.88. The van der Waals surface area contributed by atoms with E-state index >= 15 is 0 Å². The first-order valence-corrected chi connectivity index (χ1v) is 13.6. The van der Waals surface area contributed by atoms with Gasteiger partial charge < -0.3 is 10.2 Å². The number of piperidine rings is 2. The molecular formula is C23H36ClN3O3S. The molecule has 0 spiro atoms. The zero-order chi connectivity index (χ0) is 22.3. The summed E-state index contributed by atoms with van der Waals surface area (Å²) in [7, 11) is -3.39. The van der Waals surface area contributed by atoms with Crippen LogP contribution in [0.1, 0.15) is 57.4 Å². The van der Waals surface area contributed by atoms with Crippen molar-refractivity contribution in [3.63, 3.8) is 0 Å². The Morgan fingerprint density at radius 2 is 1.81 bits per heavy atom. The van der Waals surface area contributed by atoms with Gasteiger partial charge in [0.05, 0.1) is 5.75 Å². The van der Waals surface area contributed by atoms with Crippen LogP contribution in [0.2, 0.25) is 5.02 Å². The number of nitrogens with zero attached hydrogens (tertiary/aromatic N) is 2. The molecule has 6 nitrogen and oxygen atoms in total. The Morgan fingerprint density at radius 1 is 1.10 bits per heavy atom. The van der Waals surface area contributed by atoms with E-state index in [4.69, 9.17) is 11.6 Å². The summed E-state index contributed by atoms with van der Waals surface area (Å²) < 4.78 is 27.0. The van der Waals surface area contributed by atoms with Crippen molar-refractivity contribution in [3.8, 4) is 0 Å². The quantitative estimate of drug-likeness (QED) is 0.560. The molecule has 1 aromatic rings. The number of rotatable bonds is 9. The van der Waals surface area contributed by atoms with Crippen molar-refractivity contribution in [2.75, 3.05) is 32.7 Å². The summed E-state index contributed by atoms with van der Waals surface area (Å²) in [6, 6.07) is 7.59. The van der Waals surface area contributed by atoms with Gasteiger partial charge in [0.25, 0.3) is 0 Å². The summed E-state index contributed by atoms with van der Waals surface area (Å²) in [6.45, 7) is 5.98. The molecule has 8 heteroatoms. The molecule has 0 aliphatic carbocycles. The number of amides is 1. The molecular weight excluding hydrogens is 434 g/mol. The molecule has 174 valence electrons. The van der Waals surface area contributed by atoms with Crippen LogP contribution in [-0.4, -0.2) is 62.3 Å². The number of sulfonamides is 1. The molecule has 2 aliphatic rings. The van der Waals surface area contributed by atoms with E-state index in [0.29, 0.717) is 43.5 Å². The fourth-order valence-corrected chi connectivity index (χ4v) is 6.42. The molecule has 1 aromatic carbocycles. The van der Waals surface area contributed by atoms with Gasteiger partial charge in [-0.3, -0.25) is 4.79 Å². The van der Waals surface area contributed by atoms with Crippen LogP contribution in [-0.2, 0) is 20.6 Å². The van der Waals surface area contributed by atoms with Gasteiger partial charge in [-0.2, -0.15) is 0 Å². The highest BCUT2D eigenvalue weighted by Gasteiger charge is 2.31. The van der Waals surface area contributed by atoms with Gasteiger partial charge in [-0.25, -0.2) is 12.7 Å². The third-order valence-corrected chi connectivity index (χ3v) is 8.72. The molecule has 1 amide bonds. The van der Waals surface area contributed by atoms with Crippen LogP contribution in [0.3, 0.4) is 0 Å². The Labute approximate surface area is 192 Å². The third-order valence-electron chi connectivity index (χ3n) is 6.62. The molecule has 0 aromatic heterocycles. The zero-order valence-corrected chi connectivity index (χ0v) is 20.1. The first kappa shape index (κ1) is 24.5. The van der Waals surface area contributed by atoms with E-state index < -0.39 is 10.0 Å². The van der Waals surface area contributed by atoms with Crippen LogP contribution in [0, 0.1) is 5.92 Å². The second-order valence-electron chi connectivity index (χ2n) is 8.79. The van der Waals surface area contributed by atoms with Crippen molar-refractivity contribution >= 4 is 27.5 Å². The fraction of sp³-hybridized carbons (Fsp3) is 0.696. The molecule has 0 radical (unpaired) electrons. The minimum Gasteiger partial charge on any atom is -0.356 e. The second kappa shape index (κ2) is 11.6. The predicted molar refractivity (Wildman–Crippen MR) is 126 cm³/mol. The average molecular weight is 470 g/mol. The Kier molecular flexibility index (Phi) is 9.19. The smallest absolute Gasteiger partial charge is 0.223 e. The lowest BCUT2D eigenvalue weighted by Crippen LogP contribution is -2.44. The number of carbonyl (C=O) groups is 1. The lowest BCUT2D eigenvalue weighted by molar-refractivity contribution is -0.126. The highest BCUT2D eigenvalue weighted by atomic mass is 35.5. The van der Waals surface area contributed by atoms with Crippen LogP contribution in [0.25, 0.3) is 0 Å². The van der Waals surface area contributed by atoms with Gasteiger partial charge in [-0.15, -0.1) is 0 Å². The Bertz CT molecular complexity index is 808. The number of benzene rings is 1. The molecule has 31 heavy (non-hydrogen) atoms. The third kappa shape index (κ3) is 7.17. The van der Waals surface area contributed by atoms with Gasteiger partial charge in [0, 0.05) is 43.2 Å². The van der Waals surface area contributed by atoms with Crippen molar-refractivity contribution in [2.24, 2.45) is 5.92 Å². The minimum absolute atomic E-state index is 0.0315. The number of nitrogens with one attached hydrogen (secondary N) is 1. The van der Waals surface area contributed by atoms with Crippen molar-refractivity contribution in [1.82, 2.24) is 14.5 Å². The lowest BCUT2D eigenvalue weighted by Gasteiger charge is -2.35. The van der Waals surface area contributed by atoms with Gasteiger partial charge in [0.2, 0.25) is 15.9 Å².